The Morgan fingerprint density at radius 1 is 0.482 bits per heavy atom. The fourth-order valence-corrected chi connectivity index (χ4v) is 7.70. The third-order valence-electron chi connectivity index (χ3n) is 11.6. The smallest absolute Gasteiger partial charge is 0.305 e. The number of rotatable bonds is 46. The van der Waals surface area contributed by atoms with Crippen molar-refractivity contribution in [2.24, 2.45) is 0 Å². The number of ether oxygens (including phenoxy) is 1. The van der Waals surface area contributed by atoms with Gasteiger partial charge in [0.05, 0.1) is 25.4 Å². The number of allylic oxidation sites excluding steroid dienone is 2. The van der Waals surface area contributed by atoms with E-state index >= 15 is 0 Å². The van der Waals surface area contributed by atoms with Crippen LogP contribution in [0, 0.1) is 0 Å². The van der Waals surface area contributed by atoms with Gasteiger partial charge in [0, 0.05) is 12.8 Å². The summed E-state index contributed by atoms with van der Waals surface area (Å²) >= 11 is 0. The zero-order valence-corrected chi connectivity index (χ0v) is 37.6. The highest BCUT2D eigenvalue weighted by molar-refractivity contribution is 5.76. The number of aliphatic hydroxyl groups excluding tert-OH is 2. The summed E-state index contributed by atoms with van der Waals surface area (Å²) in [5.74, 6) is -0.128. The van der Waals surface area contributed by atoms with Crippen LogP contribution in [-0.2, 0) is 14.3 Å². The minimum Gasteiger partial charge on any atom is -0.466 e. The van der Waals surface area contributed by atoms with Crippen LogP contribution in [0.3, 0.4) is 0 Å². The molecule has 332 valence electrons. The molecule has 0 aromatic heterocycles. The first-order chi connectivity index (χ1) is 27.5. The second kappa shape index (κ2) is 46.3. The fraction of sp³-hybridized carbons (Fsp3) is 0.920. The highest BCUT2D eigenvalue weighted by atomic mass is 16.5. The summed E-state index contributed by atoms with van der Waals surface area (Å²) in [5.41, 5.74) is 0. The Balaban J connectivity index is 3.54. The van der Waals surface area contributed by atoms with Gasteiger partial charge in [-0.2, -0.15) is 0 Å². The SMILES string of the molecule is CCCCCCCCCCCCCCCCCCCCC(O)C(CO)NC(=O)CCC/C=C\CCCCCCOC(=O)CCCCCCCCCCCCCC. The Kier molecular flexibility index (Phi) is 45.1. The van der Waals surface area contributed by atoms with Gasteiger partial charge in [0.15, 0.2) is 0 Å². The van der Waals surface area contributed by atoms with Crippen LogP contribution in [0.25, 0.3) is 0 Å². The van der Waals surface area contributed by atoms with Crippen molar-refractivity contribution in [1.82, 2.24) is 5.32 Å². The molecule has 56 heavy (non-hydrogen) atoms. The van der Waals surface area contributed by atoms with Gasteiger partial charge in [-0.15, -0.1) is 0 Å². The Bertz CT molecular complexity index is 832. The summed E-state index contributed by atoms with van der Waals surface area (Å²) in [5, 5.41) is 23.2. The summed E-state index contributed by atoms with van der Waals surface area (Å²) in [6.45, 7) is 4.87. The number of hydrogen-bond donors (Lipinski definition) is 3. The molecule has 6 heteroatoms. The number of hydrogen-bond acceptors (Lipinski definition) is 5. The molecule has 1 amide bonds. The van der Waals surface area contributed by atoms with E-state index < -0.39 is 12.1 Å². The number of esters is 1. The number of unbranched alkanes of at least 4 members (excludes halogenated alkanes) is 33. The summed E-state index contributed by atoms with van der Waals surface area (Å²) in [7, 11) is 0. The molecule has 6 nitrogen and oxygen atoms in total. The van der Waals surface area contributed by atoms with Crippen molar-refractivity contribution < 1.29 is 24.5 Å². The van der Waals surface area contributed by atoms with Crippen LogP contribution >= 0.6 is 0 Å². The van der Waals surface area contributed by atoms with Gasteiger partial charge in [-0.25, -0.2) is 0 Å². The lowest BCUT2D eigenvalue weighted by Crippen LogP contribution is -2.45. The maximum atomic E-state index is 12.4. The number of aliphatic hydroxyl groups is 2. The van der Waals surface area contributed by atoms with E-state index in [9.17, 15) is 19.8 Å². The fourth-order valence-electron chi connectivity index (χ4n) is 7.70. The first kappa shape index (κ1) is 54.6. The van der Waals surface area contributed by atoms with Gasteiger partial charge in [0.2, 0.25) is 5.91 Å². The first-order valence-corrected chi connectivity index (χ1v) is 24.9. The largest absolute Gasteiger partial charge is 0.466 e. The third kappa shape index (κ3) is 42.2. The van der Waals surface area contributed by atoms with Crippen molar-refractivity contribution in [3.63, 3.8) is 0 Å². The van der Waals surface area contributed by atoms with Crippen LogP contribution in [0.1, 0.15) is 271 Å². The zero-order valence-electron chi connectivity index (χ0n) is 37.6. The van der Waals surface area contributed by atoms with Crippen LogP contribution in [0.5, 0.6) is 0 Å². The number of nitrogens with one attached hydrogen (secondary N) is 1. The minimum atomic E-state index is -0.694. The molecule has 3 N–H and O–H groups in total. The summed E-state index contributed by atoms with van der Waals surface area (Å²) in [4.78, 5) is 24.4. The third-order valence-corrected chi connectivity index (χ3v) is 11.6. The first-order valence-electron chi connectivity index (χ1n) is 24.9. The Labute approximate surface area is 349 Å². The molecular weight excluding hydrogens is 695 g/mol. The highest BCUT2D eigenvalue weighted by Gasteiger charge is 2.20. The lowest BCUT2D eigenvalue weighted by molar-refractivity contribution is -0.143. The molecule has 0 saturated carbocycles. The second-order valence-corrected chi connectivity index (χ2v) is 17.1. The molecule has 0 radical (unpaired) electrons. The van der Waals surface area contributed by atoms with E-state index in [-0.39, 0.29) is 18.5 Å². The summed E-state index contributed by atoms with van der Waals surface area (Å²) in [6.07, 6.45) is 51.8. The Morgan fingerprint density at radius 3 is 1.30 bits per heavy atom. The topological polar surface area (TPSA) is 95.9 Å². The van der Waals surface area contributed by atoms with Crippen molar-refractivity contribution in [1.29, 1.82) is 0 Å². The molecule has 0 bridgehead atoms. The number of amides is 1. The van der Waals surface area contributed by atoms with E-state index in [4.69, 9.17) is 4.74 Å². The molecule has 0 fully saturated rings. The van der Waals surface area contributed by atoms with Crippen LogP contribution < -0.4 is 5.32 Å². The molecule has 2 unspecified atom stereocenters. The molecule has 0 aliphatic heterocycles. The Morgan fingerprint density at radius 2 is 0.857 bits per heavy atom. The van der Waals surface area contributed by atoms with Gasteiger partial charge >= 0.3 is 5.97 Å². The van der Waals surface area contributed by atoms with Crippen LogP contribution in [0.15, 0.2) is 12.2 Å². The average molecular weight is 792 g/mol. The monoisotopic (exact) mass is 792 g/mol. The van der Waals surface area contributed by atoms with E-state index in [0.717, 1.165) is 70.6 Å². The standard InChI is InChI=1S/C50H97NO5/c1-3-5-7-9-11-13-15-17-18-19-20-21-22-23-26-30-34-38-42-48(53)47(46-52)51-49(54)43-39-35-31-27-25-29-33-37-41-45-56-50(55)44-40-36-32-28-24-16-14-12-10-8-6-4-2/h27,31,47-48,52-53H,3-26,28-30,32-46H2,1-2H3,(H,51,54)/b31-27-. The van der Waals surface area contributed by atoms with Crippen molar-refractivity contribution in [3.8, 4) is 0 Å². The predicted octanol–water partition coefficient (Wildman–Crippen LogP) is 14.6. The zero-order chi connectivity index (χ0) is 40.8. The van der Waals surface area contributed by atoms with Crippen LogP contribution in [0.4, 0.5) is 0 Å². The van der Waals surface area contributed by atoms with E-state index in [0.29, 0.717) is 25.9 Å². The van der Waals surface area contributed by atoms with E-state index in [1.165, 1.54) is 167 Å². The van der Waals surface area contributed by atoms with E-state index in [1.807, 2.05) is 0 Å². The molecule has 0 spiro atoms. The summed E-state index contributed by atoms with van der Waals surface area (Å²) in [6, 6.07) is -0.577. The number of carbonyl (C=O) groups is 2. The second-order valence-electron chi connectivity index (χ2n) is 17.1. The maximum absolute atomic E-state index is 12.4. The molecular formula is C50H97NO5. The van der Waals surface area contributed by atoms with Crippen LogP contribution in [-0.4, -0.2) is 47.4 Å². The summed E-state index contributed by atoms with van der Waals surface area (Å²) < 4.78 is 5.42. The van der Waals surface area contributed by atoms with Gasteiger partial charge in [-0.05, 0) is 44.9 Å². The van der Waals surface area contributed by atoms with E-state index in [2.05, 4.69) is 31.3 Å². The molecule has 0 heterocycles. The maximum Gasteiger partial charge on any atom is 0.305 e. The molecule has 0 aliphatic rings. The van der Waals surface area contributed by atoms with E-state index in [1.54, 1.807) is 0 Å². The van der Waals surface area contributed by atoms with Gasteiger partial charge in [0.1, 0.15) is 0 Å². The lowest BCUT2D eigenvalue weighted by Gasteiger charge is -2.22. The number of carbonyl (C=O) groups excluding carboxylic acids is 2. The van der Waals surface area contributed by atoms with Gasteiger partial charge in [0.25, 0.3) is 0 Å². The van der Waals surface area contributed by atoms with Crippen molar-refractivity contribution in [2.45, 2.75) is 283 Å². The van der Waals surface area contributed by atoms with Gasteiger partial charge in [-0.3, -0.25) is 9.59 Å². The molecule has 0 aliphatic carbocycles. The molecule has 0 saturated heterocycles. The predicted molar refractivity (Wildman–Crippen MR) is 241 cm³/mol. The normalized spacial score (nSPS) is 12.7. The average Bonchev–Trinajstić information content (AvgIpc) is 3.20. The van der Waals surface area contributed by atoms with Crippen molar-refractivity contribution in [3.05, 3.63) is 12.2 Å². The minimum absolute atomic E-state index is 0.0346. The van der Waals surface area contributed by atoms with Crippen molar-refractivity contribution >= 4 is 11.9 Å². The van der Waals surface area contributed by atoms with Crippen LogP contribution in [0.2, 0.25) is 0 Å². The van der Waals surface area contributed by atoms with Gasteiger partial charge < -0.3 is 20.3 Å². The highest BCUT2D eigenvalue weighted by Crippen LogP contribution is 2.16. The quantitative estimate of drug-likeness (QED) is 0.0324. The molecule has 2 atom stereocenters. The lowest BCUT2D eigenvalue weighted by atomic mass is 10.0. The Hall–Kier alpha value is -1.40. The van der Waals surface area contributed by atoms with Crippen molar-refractivity contribution in [2.75, 3.05) is 13.2 Å². The van der Waals surface area contributed by atoms with Gasteiger partial charge in [-0.1, -0.05) is 225 Å². The molecule has 0 aromatic rings. The molecule has 0 rings (SSSR count). The molecule has 0 aromatic carbocycles.